The summed E-state index contributed by atoms with van der Waals surface area (Å²) in [6, 6.07) is 2.38. The van der Waals surface area contributed by atoms with Crippen LogP contribution < -0.4 is 11.1 Å². The lowest BCUT2D eigenvalue weighted by molar-refractivity contribution is 0.0517. The molecular formula is C27H31N5O2. The maximum atomic E-state index is 12.8. The van der Waals surface area contributed by atoms with Crippen molar-refractivity contribution < 1.29 is 9.53 Å². The highest BCUT2D eigenvalue weighted by Crippen LogP contribution is 2.42. The number of dihydropyridines is 1. The summed E-state index contributed by atoms with van der Waals surface area (Å²) >= 11 is 0. The number of carbonyl (C=O) groups excluding carboxylic acids is 1. The molecule has 0 spiro atoms. The average molecular weight is 458 g/mol. The number of fused-ring (bicyclic) bond motifs is 1. The van der Waals surface area contributed by atoms with Crippen LogP contribution in [0.1, 0.15) is 53.0 Å². The Labute approximate surface area is 199 Å². The molecule has 1 fully saturated rings. The van der Waals surface area contributed by atoms with E-state index in [-0.39, 0.29) is 6.04 Å². The molecule has 2 aliphatic rings. The summed E-state index contributed by atoms with van der Waals surface area (Å²) in [5.74, 6) is 0.0801. The third kappa shape index (κ3) is 3.70. The van der Waals surface area contributed by atoms with Crippen molar-refractivity contribution >= 4 is 22.4 Å². The number of allylic oxidation sites excluding steroid dienone is 2. The van der Waals surface area contributed by atoms with Crippen molar-refractivity contribution in [1.29, 1.82) is 0 Å². The normalized spacial score (nSPS) is 17.4. The largest absolute Gasteiger partial charge is 0.387 e. The highest BCUT2D eigenvalue weighted by atomic mass is 16.5. The summed E-state index contributed by atoms with van der Waals surface area (Å²) in [4.78, 5) is 21.7. The van der Waals surface area contributed by atoms with Gasteiger partial charge in [-0.05, 0) is 74.6 Å². The number of rotatable bonds is 5. The highest BCUT2D eigenvalue weighted by Gasteiger charge is 2.30. The first-order valence-electron chi connectivity index (χ1n) is 11.9. The van der Waals surface area contributed by atoms with Crippen molar-refractivity contribution in [3.8, 4) is 11.3 Å². The summed E-state index contributed by atoms with van der Waals surface area (Å²) < 4.78 is 7.92. The standard InChI is InChI=1S/C27H31N5O2/c1-16-24(20-5-4-8-29-14-20)21(22-15-30-9-10-31-22)13-23-25(16)26(27(28)33)18(3)32(23)17(2)19-6-11-34-12-7-19/h4-5,8-10,13,15,17,19,29H,6-7,11-12,14H2,1-3H3,(H2,28,33). The molecule has 0 aliphatic carbocycles. The Bertz CT molecular complexity index is 1300. The Morgan fingerprint density at radius 1 is 1.26 bits per heavy atom. The molecule has 0 saturated carbocycles. The number of nitrogens with one attached hydrogen (secondary N) is 1. The monoisotopic (exact) mass is 457 g/mol. The van der Waals surface area contributed by atoms with Gasteiger partial charge in [0.05, 0.1) is 23.0 Å². The van der Waals surface area contributed by atoms with Crippen molar-refractivity contribution in [2.24, 2.45) is 11.7 Å². The van der Waals surface area contributed by atoms with Crippen molar-refractivity contribution in [2.75, 3.05) is 19.8 Å². The summed E-state index contributed by atoms with van der Waals surface area (Å²) in [5.41, 5.74) is 13.6. The molecule has 7 nitrogen and oxygen atoms in total. The molecule has 0 radical (unpaired) electrons. The lowest BCUT2D eigenvalue weighted by Gasteiger charge is -2.30. The third-order valence-electron chi connectivity index (χ3n) is 7.36. The van der Waals surface area contributed by atoms with Gasteiger partial charge in [-0.25, -0.2) is 0 Å². The summed E-state index contributed by atoms with van der Waals surface area (Å²) in [7, 11) is 0. The molecule has 1 aromatic carbocycles. The number of hydrogen-bond donors (Lipinski definition) is 2. The number of benzene rings is 1. The number of aryl methyl sites for hydroxylation is 1. The molecule has 1 saturated heterocycles. The van der Waals surface area contributed by atoms with Crippen LogP contribution in [0.15, 0.2) is 43.0 Å². The zero-order valence-corrected chi connectivity index (χ0v) is 20.0. The van der Waals surface area contributed by atoms with Crippen LogP contribution in [0.5, 0.6) is 0 Å². The van der Waals surface area contributed by atoms with E-state index in [1.807, 2.05) is 19.2 Å². The van der Waals surface area contributed by atoms with E-state index in [9.17, 15) is 4.79 Å². The number of primary amides is 1. The number of amides is 1. The summed E-state index contributed by atoms with van der Waals surface area (Å²) in [6.45, 7) is 8.60. The molecule has 1 amide bonds. The van der Waals surface area contributed by atoms with Crippen molar-refractivity contribution in [1.82, 2.24) is 19.9 Å². The van der Waals surface area contributed by atoms with Crippen LogP contribution in [0, 0.1) is 19.8 Å². The lowest BCUT2D eigenvalue weighted by Crippen LogP contribution is -2.25. The van der Waals surface area contributed by atoms with Gasteiger partial charge in [-0.2, -0.15) is 0 Å². The lowest BCUT2D eigenvalue weighted by atomic mass is 9.88. The molecule has 176 valence electrons. The fourth-order valence-corrected chi connectivity index (χ4v) is 5.71. The minimum absolute atomic E-state index is 0.206. The van der Waals surface area contributed by atoms with E-state index in [1.165, 1.54) is 0 Å². The van der Waals surface area contributed by atoms with Crippen LogP contribution in [0.4, 0.5) is 0 Å². The first kappa shape index (κ1) is 22.3. The number of ether oxygens (including phenoxy) is 1. The van der Waals surface area contributed by atoms with Crippen LogP contribution in [0.25, 0.3) is 27.7 Å². The van der Waals surface area contributed by atoms with Gasteiger partial charge < -0.3 is 20.4 Å². The minimum Gasteiger partial charge on any atom is -0.387 e. The molecule has 2 aromatic heterocycles. The third-order valence-corrected chi connectivity index (χ3v) is 7.36. The van der Waals surface area contributed by atoms with Crippen LogP contribution in [-0.2, 0) is 4.74 Å². The summed E-state index contributed by atoms with van der Waals surface area (Å²) in [6.07, 6.45) is 13.3. The number of carbonyl (C=O) groups is 1. The molecule has 4 heterocycles. The second-order valence-corrected chi connectivity index (χ2v) is 9.23. The number of nitrogens with zero attached hydrogens (tertiary/aromatic N) is 3. The Kier molecular flexibility index (Phi) is 5.96. The fraction of sp³-hybridized carbons (Fsp3) is 0.370. The molecule has 5 rings (SSSR count). The Balaban J connectivity index is 1.84. The van der Waals surface area contributed by atoms with Crippen molar-refractivity contribution in [3.05, 3.63) is 65.4 Å². The van der Waals surface area contributed by atoms with Gasteiger partial charge in [0.2, 0.25) is 0 Å². The van der Waals surface area contributed by atoms with Crippen LogP contribution in [-0.4, -0.2) is 40.2 Å². The highest BCUT2D eigenvalue weighted by molar-refractivity contribution is 6.11. The smallest absolute Gasteiger partial charge is 0.251 e. The van der Waals surface area contributed by atoms with E-state index in [0.717, 1.165) is 70.6 Å². The molecule has 3 aromatic rings. The van der Waals surface area contributed by atoms with Gasteiger partial charge in [-0.15, -0.1) is 0 Å². The maximum Gasteiger partial charge on any atom is 0.251 e. The van der Waals surface area contributed by atoms with E-state index in [0.29, 0.717) is 18.0 Å². The van der Waals surface area contributed by atoms with Gasteiger partial charge in [0.25, 0.3) is 5.91 Å². The predicted molar refractivity (Wildman–Crippen MR) is 134 cm³/mol. The van der Waals surface area contributed by atoms with Crippen molar-refractivity contribution in [3.63, 3.8) is 0 Å². The first-order valence-corrected chi connectivity index (χ1v) is 11.9. The minimum atomic E-state index is -0.391. The number of nitrogens with two attached hydrogens (primary N) is 1. The molecule has 1 unspecified atom stereocenters. The van der Waals surface area contributed by atoms with Crippen LogP contribution in [0.2, 0.25) is 0 Å². The molecule has 2 aliphatic heterocycles. The topological polar surface area (TPSA) is 95.1 Å². The van der Waals surface area contributed by atoms with Gasteiger partial charge in [-0.1, -0.05) is 6.08 Å². The number of hydrogen-bond acceptors (Lipinski definition) is 5. The van der Waals surface area contributed by atoms with Crippen molar-refractivity contribution in [2.45, 2.75) is 39.7 Å². The summed E-state index contributed by atoms with van der Waals surface area (Å²) in [5, 5.41) is 4.24. The van der Waals surface area contributed by atoms with Gasteiger partial charge in [0.1, 0.15) is 0 Å². The predicted octanol–water partition coefficient (Wildman–Crippen LogP) is 4.30. The molecular weight excluding hydrogens is 426 g/mol. The Morgan fingerprint density at radius 3 is 2.71 bits per heavy atom. The zero-order valence-electron chi connectivity index (χ0n) is 20.0. The van der Waals surface area contributed by atoms with Gasteiger partial charge in [0.15, 0.2) is 0 Å². The second kappa shape index (κ2) is 9.06. The average Bonchev–Trinajstić information content (AvgIpc) is 3.17. The Hall–Kier alpha value is -3.45. The van der Waals surface area contributed by atoms with E-state index >= 15 is 0 Å². The SMILES string of the molecule is Cc1c(C2=CC=CNC2)c(-c2cnccn2)cc2c1c(C(N)=O)c(C)n2C(C)C1CCOCC1. The van der Waals surface area contributed by atoms with E-state index in [4.69, 9.17) is 10.5 Å². The molecule has 34 heavy (non-hydrogen) atoms. The van der Waals surface area contributed by atoms with Crippen LogP contribution >= 0.6 is 0 Å². The van der Waals surface area contributed by atoms with Gasteiger partial charge >= 0.3 is 0 Å². The molecule has 0 bridgehead atoms. The zero-order chi connectivity index (χ0) is 23.8. The molecule has 3 N–H and O–H groups in total. The molecule has 7 heteroatoms. The van der Waals surface area contributed by atoms with E-state index in [2.05, 4.69) is 45.8 Å². The van der Waals surface area contributed by atoms with Crippen LogP contribution in [0.3, 0.4) is 0 Å². The van der Waals surface area contributed by atoms with E-state index in [1.54, 1.807) is 18.6 Å². The quantitative estimate of drug-likeness (QED) is 0.596. The Morgan fingerprint density at radius 2 is 2.06 bits per heavy atom. The fourth-order valence-electron chi connectivity index (χ4n) is 5.71. The number of aromatic nitrogens is 3. The van der Waals surface area contributed by atoms with Gasteiger partial charge in [-0.3, -0.25) is 14.8 Å². The molecule has 1 atom stereocenters. The first-order chi connectivity index (χ1) is 16.5. The second-order valence-electron chi connectivity index (χ2n) is 9.23. The van der Waals surface area contributed by atoms with E-state index < -0.39 is 5.91 Å². The maximum absolute atomic E-state index is 12.8. The van der Waals surface area contributed by atoms with Gasteiger partial charge in [0, 0.05) is 54.8 Å².